The number of aliphatic hydroxyl groups is 1. The van der Waals surface area contributed by atoms with Crippen LogP contribution in [-0.4, -0.2) is 27.6 Å². The minimum atomic E-state index is -0.270. The third-order valence-electron chi connectivity index (χ3n) is 2.03. The van der Waals surface area contributed by atoms with Crippen molar-refractivity contribution in [3.05, 3.63) is 27.2 Å². The number of nitrogens with one attached hydrogen (secondary N) is 1. The second-order valence-electron chi connectivity index (χ2n) is 3.51. The molecule has 0 aromatic carbocycles. The Morgan fingerprint density at radius 1 is 1.58 bits per heavy atom. The van der Waals surface area contributed by atoms with Crippen LogP contribution in [-0.2, 0) is 0 Å². The van der Waals surface area contributed by atoms with Gasteiger partial charge in [0.2, 0.25) is 0 Å². The van der Waals surface area contributed by atoms with Crippen molar-refractivity contribution in [1.82, 2.24) is 9.97 Å². The Hall–Kier alpha value is -1.75. The molecule has 0 atom stereocenters. The molecule has 7 heteroatoms. The zero-order valence-corrected chi connectivity index (χ0v) is 11.8. The molecule has 98 valence electrons. The number of thiazole rings is 2. The van der Waals surface area contributed by atoms with Crippen LogP contribution in [0.5, 0.6) is 0 Å². The van der Waals surface area contributed by atoms with E-state index in [0.29, 0.717) is 17.2 Å². The Morgan fingerprint density at radius 3 is 3.11 bits per heavy atom. The van der Waals surface area contributed by atoms with Gasteiger partial charge >= 0.3 is 0 Å². The first-order valence-electron chi connectivity index (χ1n) is 5.48. The highest BCUT2D eigenvalue weighted by Gasteiger charge is 2.11. The van der Waals surface area contributed by atoms with Crippen LogP contribution in [0.1, 0.15) is 26.8 Å². The van der Waals surface area contributed by atoms with E-state index in [0.717, 1.165) is 9.88 Å². The van der Waals surface area contributed by atoms with Crippen molar-refractivity contribution in [2.24, 2.45) is 0 Å². The first-order valence-corrected chi connectivity index (χ1v) is 7.17. The molecule has 1 amide bonds. The average Bonchev–Trinajstić information content (AvgIpc) is 2.99. The fraction of sp³-hybridized carbons (Fsp3) is 0.250. The van der Waals surface area contributed by atoms with Gasteiger partial charge in [-0.15, -0.1) is 11.3 Å². The molecule has 0 aliphatic rings. The standard InChI is InChI=1S/C12H11N3O2S2/c1-8-14-10(7-18-8)11(17)15-12-13-6-9(19-12)4-2-3-5-16/h6-7,16H,3,5H2,1H3,(H,13,15,17). The highest BCUT2D eigenvalue weighted by Crippen LogP contribution is 2.18. The topological polar surface area (TPSA) is 75.1 Å². The summed E-state index contributed by atoms with van der Waals surface area (Å²) in [5.41, 5.74) is 0.394. The van der Waals surface area contributed by atoms with Crippen molar-refractivity contribution < 1.29 is 9.90 Å². The Kier molecular flexibility index (Phi) is 4.63. The lowest BCUT2D eigenvalue weighted by molar-refractivity contribution is 0.102. The van der Waals surface area contributed by atoms with Gasteiger partial charge in [0, 0.05) is 11.8 Å². The zero-order chi connectivity index (χ0) is 13.7. The van der Waals surface area contributed by atoms with Crippen molar-refractivity contribution in [2.75, 3.05) is 11.9 Å². The number of rotatable bonds is 3. The number of hydrogen-bond acceptors (Lipinski definition) is 6. The monoisotopic (exact) mass is 293 g/mol. The highest BCUT2D eigenvalue weighted by molar-refractivity contribution is 7.16. The number of aryl methyl sites for hydroxylation is 1. The molecule has 0 unspecified atom stereocenters. The van der Waals surface area contributed by atoms with Crippen LogP contribution >= 0.6 is 22.7 Å². The summed E-state index contributed by atoms with van der Waals surface area (Å²) in [6.07, 6.45) is 2.02. The van der Waals surface area contributed by atoms with Gasteiger partial charge in [0.05, 0.1) is 22.7 Å². The third-order valence-corrected chi connectivity index (χ3v) is 3.63. The number of amides is 1. The number of anilines is 1. The molecule has 0 aliphatic heterocycles. The van der Waals surface area contributed by atoms with Crippen LogP contribution in [0.2, 0.25) is 0 Å². The van der Waals surface area contributed by atoms with E-state index in [2.05, 4.69) is 27.1 Å². The number of aromatic nitrogens is 2. The van der Waals surface area contributed by atoms with Gasteiger partial charge in [0.15, 0.2) is 5.13 Å². The molecule has 0 fully saturated rings. The molecular weight excluding hydrogens is 282 g/mol. The molecule has 2 aromatic heterocycles. The molecule has 2 rings (SSSR count). The second-order valence-corrected chi connectivity index (χ2v) is 5.60. The molecule has 0 bridgehead atoms. The van der Waals surface area contributed by atoms with E-state index in [1.807, 2.05) is 6.92 Å². The Balaban J connectivity index is 2.00. The van der Waals surface area contributed by atoms with Gasteiger partial charge in [0.1, 0.15) is 5.69 Å². The molecule has 19 heavy (non-hydrogen) atoms. The van der Waals surface area contributed by atoms with Crippen molar-refractivity contribution in [2.45, 2.75) is 13.3 Å². The summed E-state index contributed by atoms with van der Waals surface area (Å²) in [5.74, 6) is 5.39. The Morgan fingerprint density at radius 2 is 2.42 bits per heavy atom. The quantitative estimate of drug-likeness (QED) is 0.848. The van der Waals surface area contributed by atoms with Crippen molar-refractivity contribution >= 4 is 33.7 Å². The maximum absolute atomic E-state index is 11.8. The van der Waals surface area contributed by atoms with Gasteiger partial charge in [-0.2, -0.15) is 0 Å². The molecule has 0 spiro atoms. The predicted molar refractivity (Wildman–Crippen MR) is 75.5 cm³/mol. The number of carbonyl (C=O) groups excluding carboxylic acids is 1. The lowest BCUT2D eigenvalue weighted by Gasteiger charge is -1.96. The third kappa shape index (κ3) is 3.86. The van der Waals surface area contributed by atoms with Crippen LogP contribution in [0.15, 0.2) is 11.6 Å². The molecule has 0 saturated heterocycles. The molecular formula is C12H11N3O2S2. The van der Waals surface area contributed by atoms with E-state index in [-0.39, 0.29) is 12.5 Å². The summed E-state index contributed by atoms with van der Waals surface area (Å²) >= 11 is 2.72. The molecule has 2 heterocycles. The Bertz CT molecular complexity index is 637. The molecule has 2 aromatic rings. The fourth-order valence-corrected chi connectivity index (χ4v) is 2.50. The SMILES string of the molecule is Cc1nc(C(=O)Nc2ncc(C#CCCO)s2)cs1. The van der Waals surface area contributed by atoms with E-state index >= 15 is 0 Å². The Labute approximate surface area is 118 Å². The van der Waals surface area contributed by atoms with E-state index in [1.165, 1.54) is 22.7 Å². The molecule has 2 N–H and O–H groups in total. The first kappa shape index (κ1) is 13.7. The summed E-state index contributed by atoms with van der Waals surface area (Å²) in [4.78, 5) is 20.7. The van der Waals surface area contributed by atoms with Crippen LogP contribution < -0.4 is 5.32 Å². The molecule has 0 saturated carbocycles. The van der Waals surface area contributed by atoms with Gasteiger partial charge in [-0.1, -0.05) is 23.2 Å². The van der Waals surface area contributed by atoms with Gasteiger partial charge in [0.25, 0.3) is 5.91 Å². The van der Waals surface area contributed by atoms with Crippen LogP contribution in [0.3, 0.4) is 0 Å². The second kappa shape index (κ2) is 6.43. The van der Waals surface area contributed by atoms with E-state index in [1.54, 1.807) is 11.6 Å². The fourth-order valence-electron chi connectivity index (χ4n) is 1.22. The summed E-state index contributed by atoms with van der Waals surface area (Å²) < 4.78 is 0. The molecule has 5 nitrogen and oxygen atoms in total. The maximum Gasteiger partial charge on any atom is 0.276 e. The van der Waals surface area contributed by atoms with Crippen molar-refractivity contribution in [1.29, 1.82) is 0 Å². The number of carbonyl (C=O) groups is 1. The number of nitrogens with zero attached hydrogens (tertiary/aromatic N) is 2. The summed E-state index contributed by atoms with van der Waals surface area (Å²) in [7, 11) is 0. The normalized spacial score (nSPS) is 9.79. The van der Waals surface area contributed by atoms with Gasteiger partial charge < -0.3 is 5.11 Å². The zero-order valence-electron chi connectivity index (χ0n) is 10.1. The lowest BCUT2D eigenvalue weighted by Crippen LogP contribution is -2.11. The number of hydrogen-bond donors (Lipinski definition) is 2. The summed E-state index contributed by atoms with van der Waals surface area (Å²) in [6.45, 7) is 1.89. The van der Waals surface area contributed by atoms with Crippen molar-refractivity contribution in [3.8, 4) is 11.8 Å². The molecule has 0 aliphatic carbocycles. The van der Waals surface area contributed by atoms with Gasteiger partial charge in [-0.25, -0.2) is 9.97 Å². The minimum Gasteiger partial charge on any atom is -0.395 e. The van der Waals surface area contributed by atoms with Gasteiger partial charge in [-0.3, -0.25) is 10.1 Å². The van der Waals surface area contributed by atoms with Crippen LogP contribution in [0.25, 0.3) is 0 Å². The van der Waals surface area contributed by atoms with E-state index in [4.69, 9.17) is 5.11 Å². The lowest BCUT2D eigenvalue weighted by atomic mass is 10.4. The minimum absolute atomic E-state index is 0.0403. The summed E-state index contributed by atoms with van der Waals surface area (Å²) in [6, 6.07) is 0. The van der Waals surface area contributed by atoms with E-state index < -0.39 is 0 Å². The summed E-state index contributed by atoms with van der Waals surface area (Å²) in [5, 5.41) is 14.3. The van der Waals surface area contributed by atoms with Gasteiger partial charge in [-0.05, 0) is 6.92 Å². The number of aliphatic hydroxyl groups excluding tert-OH is 1. The predicted octanol–water partition coefficient (Wildman–Crippen LogP) is 1.89. The van der Waals surface area contributed by atoms with E-state index in [9.17, 15) is 4.79 Å². The first-order chi connectivity index (χ1) is 9.19. The van der Waals surface area contributed by atoms with Crippen LogP contribution in [0.4, 0.5) is 5.13 Å². The molecule has 0 radical (unpaired) electrons. The maximum atomic E-state index is 11.8. The average molecular weight is 293 g/mol. The van der Waals surface area contributed by atoms with Crippen LogP contribution in [0, 0.1) is 18.8 Å². The van der Waals surface area contributed by atoms with Crippen molar-refractivity contribution in [3.63, 3.8) is 0 Å². The smallest absolute Gasteiger partial charge is 0.276 e. The highest BCUT2D eigenvalue weighted by atomic mass is 32.1. The largest absolute Gasteiger partial charge is 0.395 e.